The van der Waals surface area contributed by atoms with Crippen molar-refractivity contribution >= 4 is 0 Å². The van der Waals surface area contributed by atoms with Crippen molar-refractivity contribution in [2.75, 3.05) is 13.2 Å². The molecule has 1 aliphatic heterocycles. The number of aromatic nitrogens is 1. The van der Waals surface area contributed by atoms with Crippen molar-refractivity contribution < 1.29 is 9.26 Å². The van der Waals surface area contributed by atoms with E-state index in [0.29, 0.717) is 12.0 Å². The highest BCUT2D eigenvalue weighted by Gasteiger charge is 2.21. The van der Waals surface area contributed by atoms with Crippen LogP contribution in [-0.2, 0) is 17.7 Å². The minimum absolute atomic E-state index is 0.470. The standard InChI is InChI=1S/C12H20N2O2/c1-3-11-6-12(16-14-11)7-13-9(2)10-4-5-15-8-10/h6,9-10,13H,3-5,7-8H2,1-2H3. The quantitative estimate of drug-likeness (QED) is 0.827. The molecule has 0 spiro atoms. The Morgan fingerprint density at radius 2 is 2.50 bits per heavy atom. The topological polar surface area (TPSA) is 47.3 Å². The molecule has 1 fully saturated rings. The second-order valence-corrected chi connectivity index (χ2v) is 4.43. The summed E-state index contributed by atoms with van der Waals surface area (Å²) in [5, 5.41) is 7.43. The third-order valence-corrected chi connectivity index (χ3v) is 3.24. The molecule has 2 heterocycles. The molecule has 1 saturated heterocycles. The van der Waals surface area contributed by atoms with Gasteiger partial charge < -0.3 is 14.6 Å². The molecule has 1 N–H and O–H groups in total. The predicted octanol–water partition coefficient (Wildman–Crippen LogP) is 1.75. The number of rotatable bonds is 5. The zero-order valence-corrected chi connectivity index (χ0v) is 10.0. The first-order valence-corrected chi connectivity index (χ1v) is 6.05. The lowest BCUT2D eigenvalue weighted by molar-refractivity contribution is 0.177. The monoisotopic (exact) mass is 224 g/mol. The Balaban J connectivity index is 1.77. The van der Waals surface area contributed by atoms with Gasteiger partial charge in [-0.2, -0.15) is 0 Å². The number of hydrogen-bond donors (Lipinski definition) is 1. The largest absolute Gasteiger partial charge is 0.381 e. The van der Waals surface area contributed by atoms with E-state index < -0.39 is 0 Å². The van der Waals surface area contributed by atoms with Crippen molar-refractivity contribution in [2.45, 2.75) is 39.3 Å². The first-order valence-electron chi connectivity index (χ1n) is 6.05. The molecule has 2 atom stereocenters. The number of aryl methyl sites for hydroxylation is 1. The van der Waals surface area contributed by atoms with Crippen molar-refractivity contribution in [3.8, 4) is 0 Å². The highest BCUT2D eigenvalue weighted by Crippen LogP contribution is 2.16. The predicted molar refractivity (Wildman–Crippen MR) is 61.1 cm³/mol. The molecule has 4 heteroatoms. The molecule has 0 aromatic carbocycles. The second-order valence-electron chi connectivity index (χ2n) is 4.43. The summed E-state index contributed by atoms with van der Waals surface area (Å²) in [6.45, 7) is 6.82. The van der Waals surface area contributed by atoms with E-state index in [1.54, 1.807) is 0 Å². The summed E-state index contributed by atoms with van der Waals surface area (Å²) in [5.41, 5.74) is 1.02. The third kappa shape index (κ3) is 2.83. The smallest absolute Gasteiger partial charge is 0.150 e. The van der Waals surface area contributed by atoms with Crippen molar-refractivity contribution in [3.63, 3.8) is 0 Å². The lowest BCUT2D eigenvalue weighted by Crippen LogP contribution is -2.33. The number of ether oxygens (including phenoxy) is 1. The SMILES string of the molecule is CCc1cc(CNC(C)C2CCOC2)on1. The van der Waals surface area contributed by atoms with Gasteiger partial charge in [0.2, 0.25) is 0 Å². The molecule has 0 bridgehead atoms. The summed E-state index contributed by atoms with van der Waals surface area (Å²) >= 11 is 0. The molecule has 0 radical (unpaired) electrons. The van der Waals surface area contributed by atoms with Crippen LogP contribution in [0.5, 0.6) is 0 Å². The van der Waals surface area contributed by atoms with Crippen LogP contribution in [0.4, 0.5) is 0 Å². The number of hydrogen-bond acceptors (Lipinski definition) is 4. The Morgan fingerprint density at radius 3 is 3.12 bits per heavy atom. The lowest BCUT2D eigenvalue weighted by Gasteiger charge is -2.18. The highest BCUT2D eigenvalue weighted by atomic mass is 16.5. The number of nitrogens with one attached hydrogen (secondary N) is 1. The van der Waals surface area contributed by atoms with E-state index in [1.165, 1.54) is 0 Å². The van der Waals surface area contributed by atoms with Crippen LogP contribution in [0.2, 0.25) is 0 Å². The second kappa shape index (κ2) is 5.46. The van der Waals surface area contributed by atoms with Crippen LogP contribution < -0.4 is 5.32 Å². The third-order valence-electron chi connectivity index (χ3n) is 3.24. The average molecular weight is 224 g/mol. The zero-order valence-electron chi connectivity index (χ0n) is 10.0. The van der Waals surface area contributed by atoms with Crippen LogP contribution in [0.25, 0.3) is 0 Å². The van der Waals surface area contributed by atoms with Gasteiger partial charge in [-0.05, 0) is 25.7 Å². The molecule has 0 saturated carbocycles. The van der Waals surface area contributed by atoms with Gasteiger partial charge in [0.25, 0.3) is 0 Å². The van der Waals surface area contributed by atoms with Crippen LogP contribution >= 0.6 is 0 Å². The van der Waals surface area contributed by atoms with Gasteiger partial charge in [-0.25, -0.2) is 0 Å². The lowest BCUT2D eigenvalue weighted by atomic mass is 10.0. The van der Waals surface area contributed by atoms with E-state index in [9.17, 15) is 0 Å². The van der Waals surface area contributed by atoms with Crippen LogP contribution in [0.3, 0.4) is 0 Å². The molecule has 2 unspecified atom stereocenters. The Labute approximate surface area is 96.3 Å². The van der Waals surface area contributed by atoms with Gasteiger partial charge in [0.1, 0.15) is 0 Å². The normalized spacial score (nSPS) is 22.5. The van der Waals surface area contributed by atoms with Crippen molar-refractivity contribution in [2.24, 2.45) is 5.92 Å². The van der Waals surface area contributed by atoms with E-state index in [1.807, 2.05) is 6.07 Å². The van der Waals surface area contributed by atoms with Gasteiger partial charge in [-0.3, -0.25) is 0 Å². The maximum Gasteiger partial charge on any atom is 0.150 e. The summed E-state index contributed by atoms with van der Waals surface area (Å²) < 4.78 is 10.6. The van der Waals surface area contributed by atoms with E-state index in [-0.39, 0.29) is 0 Å². The molecular formula is C12H20N2O2. The van der Waals surface area contributed by atoms with Gasteiger partial charge in [-0.1, -0.05) is 12.1 Å². The number of nitrogens with zero attached hydrogens (tertiary/aromatic N) is 1. The molecule has 1 aliphatic rings. The van der Waals surface area contributed by atoms with Gasteiger partial charge in [-0.15, -0.1) is 0 Å². The molecule has 0 aliphatic carbocycles. The van der Waals surface area contributed by atoms with Gasteiger partial charge in [0.15, 0.2) is 5.76 Å². The Hall–Kier alpha value is -0.870. The molecule has 1 aromatic heterocycles. The molecule has 1 aromatic rings. The first kappa shape index (κ1) is 11.6. The Bertz CT molecular complexity index is 319. The summed E-state index contributed by atoms with van der Waals surface area (Å²) in [6, 6.07) is 2.49. The van der Waals surface area contributed by atoms with Crippen LogP contribution in [0.15, 0.2) is 10.6 Å². The molecule has 90 valence electrons. The maximum absolute atomic E-state index is 5.38. The maximum atomic E-state index is 5.38. The fourth-order valence-corrected chi connectivity index (χ4v) is 1.98. The average Bonchev–Trinajstić information content (AvgIpc) is 2.96. The fourth-order valence-electron chi connectivity index (χ4n) is 1.98. The summed E-state index contributed by atoms with van der Waals surface area (Å²) in [5.74, 6) is 1.55. The molecular weight excluding hydrogens is 204 g/mol. The fraction of sp³-hybridized carbons (Fsp3) is 0.750. The van der Waals surface area contributed by atoms with Crippen molar-refractivity contribution in [1.29, 1.82) is 0 Å². The summed E-state index contributed by atoms with van der Waals surface area (Å²) in [4.78, 5) is 0. The van der Waals surface area contributed by atoms with E-state index in [0.717, 1.165) is 44.1 Å². The molecule has 0 amide bonds. The van der Waals surface area contributed by atoms with Gasteiger partial charge >= 0.3 is 0 Å². The molecule has 4 nitrogen and oxygen atoms in total. The van der Waals surface area contributed by atoms with E-state index >= 15 is 0 Å². The van der Waals surface area contributed by atoms with Gasteiger partial charge in [0, 0.05) is 18.7 Å². The van der Waals surface area contributed by atoms with Crippen LogP contribution in [-0.4, -0.2) is 24.4 Å². The van der Waals surface area contributed by atoms with Crippen LogP contribution in [0.1, 0.15) is 31.7 Å². The van der Waals surface area contributed by atoms with Crippen LogP contribution in [0, 0.1) is 5.92 Å². The minimum Gasteiger partial charge on any atom is -0.381 e. The Kier molecular flexibility index (Phi) is 3.96. The minimum atomic E-state index is 0.470. The zero-order chi connectivity index (χ0) is 11.4. The van der Waals surface area contributed by atoms with Gasteiger partial charge in [0.05, 0.1) is 18.8 Å². The Morgan fingerprint density at radius 1 is 1.62 bits per heavy atom. The van der Waals surface area contributed by atoms with Crippen molar-refractivity contribution in [1.82, 2.24) is 10.5 Å². The summed E-state index contributed by atoms with van der Waals surface area (Å²) in [7, 11) is 0. The summed E-state index contributed by atoms with van der Waals surface area (Å²) in [6.07, 6.45) is 2.08. The van der Waals surface area contributed by atoms with E-state index in [4.69, 9.17) is 9.26 Å². The van der Waals surface area contributed by atoms with Crippen molar-refractivity contribution in [3.05, 3.63) is 17.5 Å². The highest BCUT2D eigenvalue weighted by molar-refractivity contribution is 5.04. The molecule has 16 heavy (non-hydrogen) atoms. The molecule has 2 rings (SSSR count). The first-order chi connectivity index (χ1) is 7.79. The van der Waals surface area contributed by atoms with E-state index in [2.05, 4.69) is 24.3 Å².